The van der Waals surface area contributed by atoms with Gasteiger partial charge in [-0.05, 0) is 96.3 Å². The lowest BCUT2D eigenvalue weighted by atomic mass is 10.3. The first-order valence-electron chi connectivity index (χ1n) is 14.1. The van der Waals surface area contributed by atoms with Gasteiger partial charge in [0.25, 0.3) is 11.8 Å². The molecule has 6 aliphatic rings. The van der Waals surface area contributed by atoms with Crippen molar-refractivity contribution in [3.63, 3.8) is 0 Å². The van der Waals surface area contributed by atoms with Crippen LogP contribution in [0.5, 0.6) is 0 Å². The smallest absolute Gasteiger partial charge is 0.256 e. The number of rotatable bonds is 5. The Morgan fingerprint density at radius 3 is 1.29 bits per heavy atom. The Kier molecular flexibility index (Phi) is 10.2. The van der Waals surface area contributed by atoms with E-state index in [0.29, 0.717) is 51.9 Å². The standard InChI is InChI=1S/C18H38Cl4N10O4P6/c19-39(20)25-37(15(33)5-6-16(37)34)27-41(29-39)23-9-3-13-31(41)11-1-2-12-32-14-4-10-24-42(32)28-38(26-40(21,22)30-42)17(35)7-8-18(38)36/h15-18,23-24,33-36H,1-14H2. The summed E-state index contributed by atoms with van der Waals surface area (Å²) in [7, 11) is -11.4. The first-order chi connectivity index (χ1) is 19.8. The molecule has 242 valence electrons. The quantitative estimate of drug-likeness (QED) is 0.119. The van der Waals surface area contributed by atoms with Gasteiger partial charge in [-0.3, -0.25) is 10.2 Å². The second kappa shape index (κ2) is 12.6. The van der Waals surface area contributed by atoms with E-state index in [1.165, 1.54) is 0 Å². The van der Waals surface area contributed by atoms with Crippen molar-refractivity contribution in [2.75, 3.05) is 39.3 Å². The second-order valence-electron chi connectivity index (χ2n) is 11.2. The SMILES string of the molecule is OC1CCC(O)P12=NP1(=NP(Cl)(Cl)=N2)NCCCN1CCCCN1CCCNP12=NP(Cl)(Cl)=NP1(=N2)C(O)CCC1O. The highest BCUT2D eigenvalue weighted by molar-refractivity contribution is 8.14. The first kappa shape index (κ1) is 34.1. The van der Waals surface area contributed by atoms with Crippen LogP contribution in [0.3, 0.4) is 0 Å². The molecule has 24 heteroatoms. The van der Waals surface area contributed by atoms with E-state index in [0.717, 1.165) is 38.8 Å². The van der Waals surface area contributed by atoms with Crippen LogP contribution in [0.2, 0.25) is 0 Å². The fourth-order valence-corrected chi connectivity index (χ4v) is 37.3. The highest BCUT2D eigenvalue weighted by atomic mass is 35.9. The van der Waals surface area contributed by atoms with Crippen molar-refractivity contribution in [2.24, 2.45) is 27.1 Å². The molecule has 0 radical (unpaired) electrons. The van der Waals surface area contributed by atoms with Crippen molar-refractivity contribution in [3.05, 3.63) is 0 Å². The molecule has 0 bridgehead atoms. The third kappa shape index (κ3) is 6.24. The van der Waals surface area contributed by atoms with Gasteiger partial charge in [-0.25, -0.2) is 27.4 Å². The number of unbranched alkanes of at least 4 members (excludes halogenated alkanes) is 1. The lowest BCUT2D eigenvalue weighted by Gasteiger charge is -2.43. The number of aliphatic hydroxyl groups excluding tert-OH is 4. The average Bonchev–Trinajstić information content (AvgIpc) is 3.31. The van der Waals surface area contributed by atoms with E-state index in [1.807, 2.05) is 0 Å². The Morgan fingerprint density at radius 2 is 0.929 bits per heavy atom. The van der Waals surface area contributed by atoms with Crippen molar-refractivity contribution in [2.45, 2.75) is 74.7 Å². The van der Waals surface area contributed by atoms with E-state index in [4.69, 9.17) is 63.0 Å². The number of aliphatic hydroxyl groups is 4. The molecule has 0 aromatic rings. The van der Waals surface area contributed by atoms with E-state index in [2.05, 4.69) is 28.5 Å². The Labute approximate surface area is 266 Å². The van der Waals surface area contributed by atoms with E-state index in [1.54, 1.807) is 0 Å². The van der Waals surface area contributed by atoms with Crippen LogP contribution in [0, 0.1) is 0 Å². The second-order valence-corrected chi connectivity index (χ2v) is 33.2. The van der Waals surface area contributed by atoms with Crippen molar-refractivity contribution in [1.82, 2.24) is 19.5 Å². The molecule has 4 saturated heterocycles. The van der Waals surface area contributed by atoms with Gasteiger partial charge >= 0.3 is 0 Å². The van der Waals surface area contributed by atoms with Crippen LogP contribution in [-0.2, 0) is 0 Å². The molecule has 4 fully saturated rings. The van der Waals surface area contributed by atoms with E-state index in [-0.39, 0.29) is 0 Å². The fraction of sp³-hybridized carbons (Fsp3) is 1.00. The molecule has 14 nitrogen and oxygen atoms in total. The van der Waals surface area contributed by atoms with Crippen LogP contribution in [-0.4, -0.2) is 92.4 Å². The molecular formula is C18H38Cl4N10O4P6. The minimum absolute atomic E-state index is 0.416. The number of hydrogen-bond acceptors (Lipinski definition) is 14. The first-order valence-corrected chi connectivity index (χ1v) is 28.1. The number of hydrogen-bond donors (Lipinski definition) is 6. The van der Waals surface area contributed by atoms with Crippen molar-refractivity contribution in [3.8, 4) is 0 Å². The van der Waals surface area contributed by atoms with Crippen LogP contribution >= 0.6 is 86.2 Å². The van der Waals surface area contributed by atoms with Crippen LogP contribution < -0.4 is 10.2 Å². The molecule has 0 amide bonds. The minimum Gasteiger partial charge on any atom is -0.385 e. The molecule has 0 aromatic carbocycles. The Morgan fingerprint density at radius 1 is 0.571 bits per heavy atom. The van der Waals surface area contributed by atoms with Crippen LogP contribution in [0.1, 0.15) is 51.4 Å². The van der Waals surface area contributed by atoms with E-state index >= 15 is 0 Å². The van der Waals surface area contributed by atoms with Crippen molar-refractivity contribution in [1.29, 1.82) is 0 Å². The predicted octanol–water partition coefficient (Wildman–Crippen LogP) is 8.22. The maximum atomic E-state index is 10.9. The summed E-state index contributed by atoms with van der Waals surface area (Å²) in [4.78, 5) is 0. The summed E-state index contributed by atoms with van der Waals surface area (Å²) in [6.07, 6.45) is 5.06. The summed E-state index contributed by atoms with van der Waals surface area (Å²) in [6, 6.07) is 0. The molecule has 6 rings (SSSR count). The highest BCUT2D eigenvalue weighted by Crippen LogP contribution is 2.87. The minimum atomic E-state index is -3.15. The summed E-state index contributed by atoms with van der Waals surface area (Å²) in [6.45, 7) is 4.22. The number of nitrogens with zero attached hydrogens (tertiary/aromatic N) is 8. The van der Waals surface area contributed by atoms with Crippen LogP contribution in [0.25, 0.3) is 0 Å². The molecule has 4 spiro atoms. The zero-order valence-corrected chi connectivity index (χ0v) is 31.2. The van der Waals surface area contributed by atoms with Gasteiger partial charge in [0.1, 0.15) is 37.8 Å². The molecule has 6 heterocycles. The van der Waals surface area contributed by atoms with Gasteiger partial charge in [-0.1, -0.05) is 0 Å². The summed E-state index contributed by atoms with van der Waals surface area (Å²) >= 11 is 26.6. The maximum absolute atomic E-state index is 10.9. The zero-order chi connectivity index (χ0) is 30.0. The zero-order valence-electron chi connectivity index (χ0n) is 22.8. The molecular weight excluding hydrogens is 748 g/mol. The molecule has 6 N–H and O–H groups in total. The van der Waals surface area contributed by atoms with Gasteiger partial charge < -0.3 is 20.4 Å². The van der Waals surface area contributed by atoms with Gasteiger partial charge in [0.05, 0.1) is 0 Å². The molecule has 42 heavy (non-hydrogen) atoms. The summed E-state index contributed by atoms with van der Waals surface area (Å²) in [5.74, 6) is -9.72. The Hall–Kier alpha value is 2.22. The van der Waals surface area contributed by atoms with Gasteiger partial charge in [0.2, 0.25) is 15.0 Å². The van der Waals surface area contributed by atoms with Crippen molar-refractivity contribution >= 4 is 86.2 Å². The molecule has 0 saturated carbocycles. The Balaban J connectivity index is 1.23. The largest absolute Gasteiger partial charge is 0.385 e. The predicted molar refractivity (Wildman–Crippen MR) is 180 cm³/mol. The molecule has 6 aliphatic heterocycles. The highest BCUT2D eigenvalue weighted by Gasteiger charge is 2.51. The molecule has 0 aromatic heterocycles. The van der Waals surface area contributed by atoms with Gasteiger partial charge in [-0.2, -0.15) is 9.03 Å². The molecule has 6 atom stereocenters. The summed E-state index contributed by atoms with van der Waals surface area (Å²) in [5.41, 5.74) is 0. The molecule has 6 unspecified atom stereocenters. The van der Waals surface area contributed by atoms with Gasteiger partial charge in [0.15, 0.2) is 0 Å². The number of halogens is 4. The van der Waals surface area contributed by atoms with Gasteiger partial charge in [-0.15, -0.1) is 0 Å². The van der Waals surface area contributed by atoms with E-state index < -0.39 is 64.6 Å². The van der Waals surface area contributed by atoms with Crippen LogP contribution in [0.15, 0.2) is 27.1 Å². The normalized spacial score (nSPS) is 46.6. The third-order valence-electron chi connectivity index (χ3n) is 8.33. The maximum Gasteiger partial charge on any atom is 0.256 e. The number of nitrogens with one attached hydrogen (secondary N) is 2. The molecule has 0 aliphatic carbocycles. The lowest BCUT2D eigenvalue weighted by Crippen LogP contribution is -2.38. The summed E-state index contributed by atoms with van der Waals surface area (Å²) < 4.78 is 33.3. The average molecular weight is 786 g/mol. The van der Waals surface area contributed by atoms with Crippen LogP contribution in [0.4, 0.5) is 0 Å². The third-order valence-corrected chi connectivity index (χ3v) is 33.4. The fourth-order valence-electron chi connectivity index (χ4n) is 6.29. The van der Waals surface area contributed by atoms with Gasteiger partial charge in [0, 0.05) is 39.3 Å². The topological polar surface area (TPSA) is 186 Å². The monoisotopic (exact) mass is 784 g/mol. The van der Waals surface area contributed by atoms with E-state index in [9.17, 15) is 20.4 Å². The van der Waals surface area contributed by atoms with Crippen molar-refractivity contribution < 1.29 is 20.4 Å². The Bertz CT molecular complexity index is 1320. The summed E-state index contributed by atoms with van der Waals surface area (Å²) in [5, 5.41) is 50.5. The lowest BCUT2D eigenvalue weighted by molar-refractivity contribution is 0.237.